The van der Waals surface area contributed by atoms with Gasteiger partial charge >= 0.3 is 6.18 Å². The molecule has 8 nitrogen and oxygen atoms in total. The highest BCUT2D eigenvalue weighted by atomic mass is 19.4. The average molecular weight is 422 g/mol. The first-order valence-electron chi connectivity index (χ1n) is 9.66. The van der Waals surface area contributed by atoms with Crippen molar-refractivity contribution in [1.29, 1.82) is 0 Å². The number of amides is 1. The molecule has 4 rings (SSSR count). The van der Waals surface area contributed by atoms with Crippen LogP contribution in [0.5, 0.6) is 0 Å². The van der Waals surface area contributed by atoms with Crippen molar-refractivity contribution in [3.8, 4) is 0 Å². The van der Waals surface area contributed by atoms with E-state index in [0.717, 1.165) is 51.4 Å². The van der Waals surface area contributed by atoms with Crippen LogP contribution < -0.4 is 5.32 Å². The Bertz CT molecular complexity index is 883. The number of hydrogen-bond donors (Lipinski definition) is 1. The lowest BCUT2D eigenvalue weighted by Gasteiger charge is -2.33. The van der Waals surface area contributed by atoms with Gasteiger partial charge in [-0.05, 0) is 24.7 Å². The predicted octanol–water partition coefficient (Wildman–Crippen LogP) is 2.54. The highest BCUT2D eigenvalue weighted by Gasteiger charge is 2.41. The van der Waals surface area contributed by atoms with E-state index in [-0.39, 0.29) is 23.8 Å². The van der Waals surface area contributed by atoms with Crippen molar-refractivity contribution < 1.29 is 22.7 Å². The van der Waals surface area contributed by atoms with Gasteiger partial charge in [-0.3, -0.25) is 4.79 Å². The molecule has 0 saturated carbocycles. The second kappa shape index (κ2) is 8.13. The van der Waals surface area contributed by atoms with Crippen LogP contribution in [0.1, 0.15) is 41.0 Å². The zero-order chi connectivity index (χ0) is 21.2. The topological polar surface area (TPSA) is 93.1 Å². The van der Waals surface area contributed by atoms with Crippen molar-refractivity contribution in [1.82, 2.24) is 24.8 Å². The van der Waals surface area contributed by atoms with Crippen LogP contribution in [0, 0.1) is 5.41 Å². The van der Waals surface area contributed by atoms with Crippen molar-refractivity contribution in [2.75, 3.05) is 31.6 Å². The molecule has 0 aromatic carbocycles. The van der Waals surface area contributed by atoms with Gasteiger partial charge in [0.15, 0.2) is 0 Å². The molecule has 0 atom stereocenters. The normalized spacial score (nSPS) is 18.6. The molecule has 2 aliphatic heterocycles. The Balaban J connectivity index is 1.32. The number of nitrogens with one attached hydrogen (secondary N) is 1. The van der Waals surface area contributed by atoms with E-state index >= 15 is 0 Å². The maximum Gasteiger partial charge on any atom is 0.451 e. The highest BCUT2D eigenvalue weighted by Crippen LogP contribution is 2.40. The monoisotopic (exact) mass is 422 g/mol. The van der Waals surface area contributed by atoms with Gasteiger partial charge in [0.25, 0.3) is 5.91 Å². The number of halogens is 3. The number of aromatic nitrogens is 4. The molecule has 4 heterocycles. The summed E-state index contributed by atoms with van der Waals surface area (Å²) >= 11 is 0. The molecule has 2 aromatic heterocycles. The van der Waals surface area contributed by atoms with E-state index in [2.05, 4.69) is 25.3 Å². The third-order valence-electron chi connectivity index (χ3n) is 5.59. The van der Waals surface area contributed by atoms with Gasteiger partial charge in [-0.2, -0.15) is 13.2 Å². The fourth-order valence-electron chi connectivity index (χ4n) is 3.81. The summed E-state index contributed by atoms with van der Waals surface area (Å²) < 4.78 is 42.9. The molecule has 2 fully saturated rings. The minimum atomic E-state index is -4.57. The second-order valence-corrected chi connectivity index (χ2v) is 7.65. The third kappa shape index (κ3) is 4.50. The Morgan fingerprint density at radius 1 is 1.07 bits per heavy atom. The van der Waals surface area contributed by atoms with Gasteiger partial charge in [0.05, 0.1) is 5.56 Å². The van der Waals surface area contributed by atoms with Gasteiger partial charge in [-0.15, -0.1) is 0 Å². The van der Waals surface area contributed by atoms with Gasteiger partial charge in [0.2, 0.25) is 11.8 Å². The zero-order valence-corrected chi connectivity index (χ0v) is 16.2. The SMILES string of the molecule is O=C(c1cnc(NCc2cnc(C(F)(F)F)nc2)nc1)N1CCC2(CCOCC2)C1. The summed E-state index contributed by atoms with van der Waals surface area (Å²) in [5, 5.41) is 2.88. The van der Waals surface area contributed by atoms with E-state index in [0.29, 0.717) is 17.7 Å². The lowest BCUT2D eigenvalue weighted by Crippen LogP contribution is -2.35. The Labute approximate surface area is 170 Å². The lowest BCUT2D eigenvalue weighted by atomic mass is 9.80. The largest absolute Gasteiger partial charge is 0.451 e. The van der Waals surface area contributed by atoms with E-state index < -0.39 is 12.0 Å². The third-order valence-corrected chi connectivity index (χ3v) is 5.59. The molecule has 2 saturated heterocycles. The fourth-order valence-corrected chi connectivity index (χ4v) is 3.81. The zero-order valence-electron chi connectivity index (χ0n) is 16.2. The molecule has 1 amide bonds. The maximum absolute atomic E-state index is 12.8. The first-order valence-corrected chi connectivity index (χ1v) is 9.66. The molecule has 1 spiro atoms. The van der Waals surface area contributed by atoms with E-state index in [4.69, 9.17) is 4.74 Å². The van der Waals surface area contributed by atoms with E-state index in [1.54, 1.807) is 0 Å². The van der Waals surface area contributed by atoms with Crippen molar-refractivity contribution in [2.24, 2.45) is 5.41 Å². The van der Waals surface area contributed by atoms with Crippen LogP contribution in [0.25, 0.3) is 0 Å². The molecule has 0 unspecified atom stereocenters. The summed E-state index contributed by atoms with van der Waals surface area (Å²) in [4.78, 5) is 29.5. The van der Waals surface area contributed by atoms with Crippen LogP contribution in [0.4, 0.5) is 19.1 Å². The van der Waals surface area contributed by atoms with Crippen molar-refractivity contribution in [3.05, 3.63) is 41.7 Å². The Morgan fingerprint density at radius 2 is 1.73 bits per heavy atom. The van der Waals surface area contributed by atoms with Crippen LogP contribution in [-0.4, -0.2) is 57.0 Å². The summed E-state index contributed by atoms with van der Waals surface area (Å²) in [6.07, 6.45) is 3.47. The van der Waals surface area contributed by atoms with Crippen molar-refractivity contribution in [3.63, 3.8) is 0 Å². The molecule has 0 aliphatic carbocycles. The summed E-state index contributed by atoms with van der Waals surface area (Å²) in [5.74, 6) is -1.02. The number of anilines is 1. The first kappa shape index (κ1) is 20.5. The Morgan fingerprint density at radius 3 is 2.37 bits per heavy atom. The summed E-state index contributed by atoms with van der Waals surface area (Å²) in [7, 11) is 0. The number of hydrogen-bond acceptors (Lipinski definition) is 7. The fraction of sp³-hybridized carbons (Fsp3) is 0.526. The molecule has 0 bridgehead atoms. The molecular weight excluding hydrogens is 401 g/mol. The number of ether oxygens (including phenoxy) is 1. The van der Waals surface area contributed by atoms with Gasteiger partial charge in [0.1, 0.15) is 0 Å². The average Bonchev–Trinajstić information content (AvgIpc) is 3.15. The van der Waals surface area contributed by atoms with Crippen LogP contribution in [0.3, 0.4) is 0 Å². The van der Waals surface area contributed by atoms with E-state index in [1.807, 2.05) is 4.90 Å². The highest BCUT2D eigenvalue weighted by molar-refractivity contribution is 5.94. The van der Waals surface area contributed by atoms with Crippen molar-refractivity contribution >= 4 is 11.9 Å². The van der Waals surface area contributed by atoms with Crippen LogP contribution >= 0.6 is 0 Å². The summed E-state index contributed by atoms with van der Waals surface area (Å²) in [6.45, 7) is 3.09. The number of alkyl halides is 3. The molecule has 160 valence electrons. The van der Waals surface area contributed by atoms with Crippen LogP contribution in [0.2, 0.25) is 0 Å². The van der Waals surface area contributed by atoms with Crippen LogP contribution in [-0.2, 0) is 17.5 Å². The minimum absolute atomic E-state index is 0.0962. The second-order valence-electron chi connectivity index (χ2n) is 7.65. The number of nitrogens with zero attached hydrogens (tertiary/aromatic N) is 5. The Hall–Kier alpha value is -2.82. The summed E-state index contributed by atoms with van der Waals surface area (Å²) in [6, 6.07) is 0. The summed E-state index contributed by atoms with van der Waals surface area (Å²) in [5.41, 5.74) is 1.02. The molecule has 0 radical (unpaired) electrons. The first-order chi connectivity index (χ1) is 14.3. The molecule has 11 heteroatoms. The quantitative estimate of drug-likeness (QED) is 0.809. The van der Waals surface area contributed by atoms with Crippen LogP contribution in [0.15, 0.2) is 24.8 Å². The molecule has 30 heavy (non-hydrogen) atoms. The molecule has 2 aromatic rings. The smallest absolute Gasteiger partial charge is 0.381 e. The minimum Gasteiger partial charge on any atom is -0.381 e. The molecule has 1 N–H and O–H groups in total. The standard InChI is InChI=1S/C19H21F3N6O2/c20-19(21,22)16-23-7-13(8-24-16)9-25-17-26-10-14(11-27-17)15(29)28-4-1-18(12-28)2-5-30-6-3-18/h7-8,10-11H,1-6,9,12H2,(H,25,26,27). The number of likely N-dealkylation sites (tertiary alicyclic amines) is 1. The van der Waals surface area contributed by atoms with Gasteiger partial charge in [-0.25, -0.2) is 19.9 Å². The molecular formula is C19H21F3N6O2. The Kier molecular flexibility index (Phi) is 5.54. The van der Waals surface area contributed by atoms with E-state index in [9.17, 15) is 18.0 Å². The van der Waals surface area contributed by atoms with Crippen molar-refractivity contribution in [2.45, 2.75) is 32.0 Å². The van der Waals surface area contributed by atoms with Gasteiger partial charge in [-0.1, -0.05) is 0 Å². The predicted molar refractivity (Wildman–Crippen MR) is 99.4 cm³/mol. The van der Waals surface area contributed by atoms with Gasteiger partial charge in [0, 0.05) is 63.2 Å². The van der Waals surface area contributed by atoms with Gasteiger partial charge < -0.3 is 15.0 Å². The number of carbonyl (C=O) groups is 1. The lowest BCUT2D eigenvalue weighted by molar-refractivity contribution is -0.145. The maximum atomic E-state index is 12.8. The van der Waals surface area contributed by atoms with E-state index in [1.165, 1.54) is 12.4 Å². The number of carbonyl (C=O) groups excluding carboxylic acids is 1. The number of rotatable bonds is 4. The molecule has 2 aliphatic rings.